The van der Waals surface area contributed by atoms with Gasteiger partial charge in [0.1, 0.15) is 17.6 Å². The number of carbonyl (C=O) groups is 1. The number of nitrogens with one attached hydrogen (secondary N) is 1. The van der Waals surface area contributed by atoms with Gasteiger partial charge in [-0.15, -0.1) is 0 Å². The van der Waals surface area contributed by atoms with Gasteiger partial charge < -0.3 is 5.32 Å². The second-order valence-electron chi connectivity index (χ2n) is 3.34. The number of nitriles is 1. The first-order valence-electron chi connectivity index (χ1n) is 5.03. The van der Waals surface area contributed by atoms with Gasteiger partial charge in [0.05, 0.1) is 0 Å². The Bertz CT molecular complexity index is 573. The number of hydrogen-bond donors (Lipinski definition) is 1. The van der Waals surface area contributed by atoms with Crippen molar-refractivity contribution in [3.8, 4) is 6.07 Å². The highest BCUT2D eigenvalue weighted by Crippen LogP contribution is 2.07. The summed E-state index contributed by atoms with van der Waals surface area (Å²) in [5, 5.41) is 11.3. The molecule has 1 aromatic heterocycles. The molecule has 17 heavy (non-hydrogen) atoms. The van der Waals surface area contributed by atoms with E-state index in [2.05, 4.69) is 10.3 Å². The SMILES string of the molecule is N#Cc1cccc(NC(=O)c2ccccc2)n1. The van der Waals surface area contributed by atoms with Crippen LogP contribution in [0.4, 0.5) is 5.82 Å². The molecule has 0 saturated carbocycles. The van der Waals surface area contributed by atoms with Crippen LogP contribution in [-0.4, -0.2) is 10.9 Å². The molecule has 0 fully saturated rings. The van der Waals surface area contributed by atoms with Gasteiger partial charge in [-0.1, -0.05) is 24.3 Å². The zero-order chi connectivity index (χ0) is 12.1. The summed E-state index contributed by atoms with van der Waals surface area (Å²) in [5.74, 6) is 0.131. The van der Waals surface area contributed by atoms with Gasteiger partial charge >= 0.3 is 0 Å². The molecule has 4 heteroatoms. The normalized spacial score (nSPS) is 9.35. The third kappa shape index (κ3) is 2.67. The molecular formula is C13H9N3O. The van der Waals surface area contributed by atoms with E-state index in [-0.39, 0.29) is 11.6 Å². The third-order valence-electron chi connectivity index (χ3n) is 2.14. The Morgan fingerprint density at radius 1 is 1.12 bits per heavy atom. The van der Waals surface area contributed by atoms with Crippen molar-refractivity contribution in [2.75, 3.05) is 5.32 Å². The van der Waals surface area contributed by atoms with E-state index in [4.69, 9.17) is 5.26 Å². The molecule has 1 amide bonds. The van der Waals surface area contributed by atoms with E-state index in [1.165, 1.54) is 0 Å². The topological polar surface area (TPSA) is 65.8 Å². The molecule has 0 aliphatic rings. The molecule has 2 rings (SSSR count). The summed E-state index contributed by atoms with van der Waals surface area (Å²) in [5.41, 5.74) is 0.826. The third-order valence-corrected chi connectivity index (χ3v) is 2.14. The zero-order valence-corrected chi connectivity index (χ0v) is 8.92. The summed E-state index contributed by atoms with van der Waals surface area (Å²) < 4.78 is 0. The van der Waals surface area contributed by atoms with Gasteiger partial charge in [0.2, 0.25) is 0 Å². The van der Waals surface area contributed by atoms with E-state index in [9.17, 15) is 4.79 Å². The van der Waals surface area contributed by atoms with Gasteiger partial charge in [0, 0.05) is 5.56 Å². The summed E-state index contributed by atoms with van der Waals surface area (Å²) in [6.07, 6.45) is 0. The van der Waals surface area contributed by atoms with Gasteiger partial charge in [0.25, 0.3) is 5.91 Å². The maximum absolute atomic E-state index is 11.8. The molecule has 0 atom stereocenters. The van der Waals surface area contributed by atoms with Gasteiger partial charge in [-0.3, -0.25) is 4.79 Å². The second kappa shape index (κ2) is 4.90. The van der Waals surface area contributed by atoms with Crippen LogP contribution in [0.3, 0.4) is 0 Å². The number of pyridine rings is 1. The van der Waals surface area contributed by atoms with Crippen LogP contribution in [-0.2, 0) is 0 Å². The van der Waals surface area contributed by atoms with Gasteiger partial charge in [0.15, 0.2) is 0 Å². The van der Waals surface area contributed by atoms with E-state index in [0.717, 1.165) is 0 Å². The first kappa shape index (κ1) is 10.8. The lowest BCUT2D eigenvalue weighted by Gasteiger charge is -2.03. The molecule has 1 heterocycles. The number of amides is 1. The largest absolute Gasteiger partial charge is 0.307 e. The maximum Gasteiger partial charge on any atom is 0.256 e. The maximum atomic E-state index is 11.8. The van der Waals surface area contributed by atoms with E-state index in [1.54, 1.807) is 42.5 Å². The van der Waals surface area contributed by atoms with Crippen molar-refractivity contribution in [3.05, 3.63) is 59.8 Å². The predicted octanol–water partition coefficient (Wildman–Crippen LogP) is 2.21. The van der Waals surface area contributed by atoms with Crippen molar-refractivity contribution < 1.29 is 4.79 Å². The summed E-state index contributed by atoms with van der Waals surface area (Å²) in [4.78, 5) is 15.7. The van der Waals surface area contributed by atoms with E-state index in [1.807, 2.05) is 12.1 Å². The highest BCUT2D eigenvalue weighted by Gasteiger charge is 2.05. The molecule has 0 unspecified atom stereocenters. The van der Waals surface area contributed by atoms with E-state index in [0.29, 0.717) is 11.4 Å². The molecule has 2 aromatic rings. The molecule has 0 radical (unpaired) electrons. The van der Waals surface area contributed by atoms with Crippen LogP contribution in [0.1, 0.15) is 16.1 Å². The fourth-order valence-corrected chi connectivity index (χ4v) is 1.34. The average molecular weight is 223 g/mol. The molecule has 4 nitrogen and oxygen atoms in total. The minimum atomic E-state index is -0.242. The molecule has 0 aliphatic carbocycles. The van der Waals surface area contributed by atoms with Crippen molar-refractivity contribution in [3.63, 3.8) is 0 Å². The summed E-state index contributed by atoms with van der Waals surface area (Å²) in [6, 6.07) is 15.6. The summed E-state index contributed by atoms with van der Waals surface area (Å²) >= 11 is 0. The lowest BCUT2D eigenvalue weighted by molar-refractivity contribution is 0.102. The van der Waals surface area contributed by atoms with Crippen molar-refractivity contribution in [2.45, 2.75) is 0 Å². The van der Waals surface area contributed by atoms with Crippen molar-refractivity contribution in [2.24, 2.45) is 0 Å². The first-order chi connectivity index (χ1) is 8.29. The van der Waals surface area contributed by atoms with E-state index >= 15 is 0 Å². The lowest BCUT2D eigenvalue weighted by Crippen LogP contribution is -2.12. The second-order valence-corrected chi connectivity index (χ2v) is 3.34. The fourth-order valence-electron chi connectivity index (χ4n) is 1.34. The molecule has 0 bridgehead atoms. The number of aromatic nitrogens is 1. The van der Waals surface area contributed by atoms with Crippen LogP contribution in [0.25, 0.3) is 0 Å². The quantitative estimate of drug-likeness (QED) is 0.848. The van der Waals surface area contributed by atoms with Crippen molar-refractivity contribution in [1.29, 1.82) is 5.26 Å². The Kier molecular flexibility index (Phi) is 3.13. The van der Waals surface area contributed by atoms with Crippen molar-refractivity contribution >= 4 is 11.7 Å². The van der Waals surface area contributed by atoms with Gasteiger partial charge in [-0.05, 0) is 24.3 Å². The number of benzene rings is 1. The molecule has 82 valence electrons. The highest BCUT2D eigenvalue weighted by molar-refractivity contribution is 6.03. The molecular weight excluding hydrogens is 214 g/mol. The number of nitrogens with zero attached hydrogens (tertiary/aromatic N) is 2. The average Bonchev–Trinajstić information content (AvgIpc) is 2.40. The number of carbonyl (C=O) groups excluding carboxylic acids is 1. The molecule has 0 spiro atoms. The molecule has 0 aliphatic heterocycles. The van der Waals surface area contributed by atoms with E-state index < -0.39 is 0 Å². The van der Waals surface area contributed by atoms with Crippen LogP contribution in [0.5, 0.6) is 0 Å². The Morgan fingerprint density at radius 3 is 2.59 bits per heavy atom. The van der Waals surface area contributed by atoms with Crippen molar-refractivity contribution in [1.82, 2.24) is 4.98 Å². The Morgan fingerprint density at radius 2 is 1.88 bits per heavy atom. The minimum absolute atomic E-state index is 0.242. The molecule has 0 saturated heterocycles. The van der Waals surface area contributed by atoms with Crippen LogP contribution in [0, 0.1) is 11.3 Å². The molecule has 1 aromatic carbocycles. The number of anilines is 1. The van der Waals surface area contributed by atoms with Gasteiger partial charge in [-0.25, -0.2) is 4.98 Å². The standard InChI is InChI=1S/C13H9N3O/c14-9-11-7-4-8-12(15-11)16-13(17)10-5-2-1-3-6-10/h1-8H,(H,15,16,17). The van der Waals surface area contributed by atoms with Crippen LogP contribution in [0.2, 0.25) is 0 Å². The fraction of sp³-hybridized carbons (Fsp3) is 0. The zero-order valence-electron chi connectivity index (χ0n) is 8.92. The van der Waals surface area contributed by atoms with Crippen LogP contribution in [0.15, 0.2) is 48.5 Å². The smallest absolute Gasteiger partial charge is 0.256 e. The van der Waals surface area contributed by atoms with Gasteiger partial charge in [-0.2, -0.15) is 5.26 Å². The predicted molar refractivity (Wildman–Crippen MR) is 63.3 cm³/mol. The Hall–Kier alpha value is -2.67. The number of rotatable bonds is 2. The monoisotopic (exact) mass is 223 g/mol. The van der Waals surface area contributed by atoms with Crippen LogP contribution < -0.4 is 5.32 Å². The highest BCUT2D eigenvalue weighted by atomic mass is 16.1. The first-order valence-corrected chi connectivity index (χ1v) is 5.03. The Labute approximate surface area is 98.5 Å². The van der Waals surface area contributed by atoms with Crippen LogP contribution >= 0.6 is 0 Å². The lowest BCUT2D eigenvalue weighted by atomic mass is 10.2. The Balaban J connectivity index is 2.17. The molecule has 1 N–H and O–H groups in total. The summed E-state index contributed by atoms with van der Waals surface area (Å²) in [7, 11) is 0. The number of hydrogen-bond acceptors (Lipinski definition) is 3. The summed E-state index contributed by atoms with van der Waals surface area (Å²) in [6.45, 7) is 0. The minimum Gasteiger partial charge on any atom is -0.307 e.